The van der Waals surface area contributed by atoms with Gasteiger partial charge in [-0.25, -0.2) is 9.59 Å². The second-order valence-corrected chi connectivity index (χ2v) is 19.0. The van der Waals surface area contributed by atoms with Crippen molar-refractivity contribution in [3.8, 4) is 11.5 Å². The number of nitrogens with zero attached hydrogens (tertiary/aromatic N) is 4. The molecule has 10 rings (SSSR count). The Morgan fingerprint density at radius 1 is 0.654 bits per heavy atom. The molecule has 16 nitrogen and oxygen atoms in total. The Morgan fingerprint density at radius 2 is 1.09 bits per heavy atom. The lowest BCUT2D eigenvalue weighted by Gasteiger charge is -2.39. The monoisotopic (exact) mass is 1110 g/mol. The molecule has 418 valence electrons. The molecule has 4 heterocycles. The number of ether oxygens (including phenoxy) is 5. The Balaban J connectivity index is 0.000000317. The Bertz CT molecular complexity index is 3450. The van der Waals surface area contributed by atoms with Gasteiger partial charge in [0.25, 0.3) is 0 Å². The number of aliphatic hydroxyl groups is 2. The molecule has 20 heteroatoms. The molecule has 0 amide bonds. The Morgan fingerprint density at radius 3 is 1.54 bits per heavy atom. The van der Waals surface area contributed by atoms with Crippen LogP contribution in [0.3, 0.4) is 0 Å². The Labute approximate surface area is 462 Å². The number of aromatic nitrogens is 4. The summed E-state index contributed by atoms with van der Waals surface area (Å²) in [4.78, 5) is 46.0. The first-order valence-corrected chi connectivity index (χ1v) is 25.4. The van der Waals surface area contributed by atoms with E-state index in [0.29, 0.717) is 37.3 Å². The SMILES string of the molecule is C=CCC(O)[C@H]1O[C@@H](n2ccc(N)nc2=O)C(F)(F)[C@@H]1O.COc1ccc(C(Nc2ccn([C@@H]3O[C@H](C=O)[C@@H](OC(c4ccccc4)(c4ccccc4)c4ccc(OC)cc4)C3(F)F)c(=O)n2)(c2ccccc2)c2ccccc2)cc1. The number of alkyl halides is 4. The third-order valence-electron chi connectivity index (χ3n) is 14.1. The molecule has 2 aliphatic rings. The van der Waals surface area contributed by atoms with Crippen molar-refractivity contribution < 1.29 is 56.3 Å². The van der Waals surface area contributed by atoms with Crippen LogP contribution in [-0.4, -0.2) is 92.2 Å². The van der Waals surface area contributed by atoms with Gasteiger partial charge in [0, 0.05) is 12.4 Å². The lowest BCUT2D eigenvalue weighted by atomic mass is 9.77. The number of nitrogens with two attached hydrogens (primary N) is 1. The van der Waals surface area contributed by atoms with Gasteiger partial charge in [-0.05, 0) is 76.2 Å². The van der Waals surface area contributed by atoms with Gasteiger partial charge in [-0.15, -0.1) is 6.58 Å². The van der Waals surface area contributed by atoms with E-state index in [1.165, 1.54) is 25.4 Å². The molecule has 2 fully saturated rings. The Hall–Kier alpha value is -8.79. The van der Waals surface area contributed by atoms with E-state index in [-0.39, 0.29) is 24.3 Å². The van der Waals surface area contributed by atoms with Crippen molar-refractivity contribution in [3.63, 3.8) is 0 Å². The van der Waals surface area contributed by atoms with Crippen molar-refractivity contribution in [2.75, 3.05) is 25.3 Å². The molecule has 2 aliphatic heterocycles. The van der Waals surface area contributed by atoms with Crippen LogP contribution in [0, 0.1) is 0 Å². The number of carbonyl (C=O) groups is 1. The molecule has 7 atom stereocenters. The zero-order valence-electron chi connectivity index (χ0n) is 43.6. The first kappa shape index (κ1) is 56.9. The van der Waals surface area contributed by atoms with Gasteiger partial charge in [-0.3, -0.25) is 9.13 Å². The van der Waals surface area contributed by atoms with Crippen LogP contribution in [0.15, 0.2) is 217 Å². The lowest BCUT2D eigenvalue weighted by Crippen LogP contribution is -2.48. The Kier molecular flexibility index (Phi) is 16.8. The summed E-state index contributed by atoms with van der Waals surface area (Å²) in [6.45, 7) is 3.37. The predicted molar refractivity (Wildman–Crippen MR) is 292 cm³/mol. The first-order chi connectivity index (χ1) is 39.0. The van der Waals surface area contributed by atoms with Crippen molar-refractivity contribution in [1.29, 1.82) is 0 Å². The standard InChI is InChI=1S/C49H41F2N3O6.C12H15F2N3O4/c1-57-40-27-23-36(24-28-40)47(34-15-7-3-8-16-34,35-17-9-4-10-18-35)53-43-31-32-54(46(56)52-43)45-49(50,51)44(42(33-55)59-45)60-48(37-19-11-5-12-20-37,38-21-13-6-14-22-38)39-25-29-41(58-2)30-26-39;1-2-3-6(18)8-9(19)12(13,14)10(21-8)17-5-4-7(15)16-11(17)20/h3-33,42,44-45H,1-2H3,(H,52,53,56);2,4-6,8-10,18-19H,1,3H2,(H2,15,16,20)/t42-,44-,45-;6?,8-,9-,10-/m11/s1. The van der Waals surface area contributed by atoms with Gasteiger partial charge in [0.1, 0.15) is 46.5 Å². The molecule has 6 aromatic carbocycles. The number of hydrogen-bond donors (Lipinski definition) is 4. The third kappa shape index (κ3) is 11.0. The number of methoxy groups -OCH3 is 2. The smallest absolute Gasteiger partial charge is 0.351 e. The van der Waals surface area contributed by atoms with Gasteiger partial charge >= 0.3 is 23.2 Å². The van der Waals surface area contributed by atoms with Crippen LogP contribution in [0.4, 0.5) is 29.2 Å². The third-order valence-corrected chi connectivity index (χ3v) is 14.1. The van der Waals surface area contributed by atoms with Crippen molar-refractivity contribution >= 4 is 17.9 Å². The number of anilines is 2. The first-order valence-electron chi connectivity index (χ1n) is 25.4. The van der Waals surface area contributed by atoms with E-state index in [0.717, 1.165) is 29.0 Å². The minimum Gasteiger partial charge on any atom is -0.497 e. The summed E-state index contributed by atoms with van der Waals surface area (Å²) in [7, 11) is 3.11. The summed E-state index contributed by atoms with van der Waals surface area (Å²) < 4.78 is 92.2. The average molecular weight is 1110 g/mol. The summed E-state index contributed by atoms with van der Waals surface area (Å²) >= 11 is 0. The van der Waals surface area contributed by atoms with E-state index in [1.807, 2.05) is 97.1 Å². The number of carbonyl (C=O) groups excluding carboxylic acids is 1. The van der Waals surface area contributed by atoms with Gasteiger partial charge < -0.3 is 49.7 Å². The predicted octanol–water partition coefficient (Wildman–Crippen LogP) is 8.43. The van der Waals surface area contributed by atoms with E-state index in [2.05, 4.69) is 21.9 Å². The van der Waals surface area contributed by atoms with Crippen LogP contribution in [0.1, 0.15) is 52.3 Å². The highest BCUT2D eigenvalue weighted by Crippen LogP contribution is 2.51. The number of nitrogens with one attached hydrogen (secondary N) is 1. The van der Waals surface area contributed by atoms with E-state index < -0.39 is 77.3 Å². The second-order valence-electron chi connectivity index (χ2n) is 19.0. The van der Waals surface area contributed by atoms with E-state index >= 15 is 8.78 Å². The topological polar surface area (TPSA) is 212 Å². The lowest BCUT2D eigenvalue weighted by molar-refractivity contribution is -0.180. The van der Waals surface area contributed by atoms with Crippen LogP contribution in [0.2, 0.25) is 0 Å². The molecular formula is C61H56F4N6O10. The maximum Gasteiger partial charge on any atom is 0.351 e. The number of rotatable bonds is 18. The van der Waals surface area contributed by atoms with Crippen molar-refractivity contribution in [2.24, 2.45) is 0 Å². The zero-order valence-corrected chi connectivity index (χ0v) is 43.6. The summed E-state index contributed by atoms with van der Waals surface area (Å²) in [5, 5.41) is 22.9. The number of nitrogen functional groups attached to an aromatic ring is 1. The van der Waals surface area contributed by atoms with Gasteiger partial charge in [0.2, 0.25) is 12.5 Å². The van der Waals surface area contributed by atoms with Crippen LogP contribution >= 0.6 is 0 Å². The number of halogens is 4. The number of aldehydes is 1. The van der Waals surface area contributed by atoms with E-state index in [9.17, 15) is 33.4 Å². The number of hydrogen-bond acceptors (Lipinski definition) is 14. The number of benzene rings is 6. The second kappa shape index (κ2) is 23.9. The fourth-order valence-corrected chi connectivity index (χ4v) is 10.2. The fourth-order valence-electron chi connectivity index (χ4n) is 10.2. The van der Waals surface area contributed by atoms with E-state index in [1.54, 1.807) is 79.9 Å². The van der Waals surface area contributed by atoms with Crippen molar-refractivity contribution in [3.05, 3.63) is 261 Å². The highest BCUT2D eigenvalue weighted by Gasteiger charge is 2.64. The molecule has 1 unspecified atom stereocenters. The molecule has 8 aromatic rings. The highest BCUT2D eigenvalue weighted by molar-refractivity contribution is 5.60. The largest absolute Gasteiger partial charge is 0.497 e. The molecule has 0 bridgehead atoms. The molecule has 2 aromatic heterocycles. The maximum absolute atomic E-state index is 17.2. The summed E-state index contributed by atoms with van der Waals surface area (Å²) in [6.07, 6.45) is -9.70. The molecule has 0 radical (unpaired) electrons. The fraction of sp³-hybridized carbons (Fsp3) is 0.230. The maximum atomic E-state index is 17.2. The summed E-state index contributed by atoms with van der Waals surface area (Å²) in [6, 6.07) is 54.1. The normalized spacial score (nSPS) is 20.5. The van der Waals surface area contributed by atoms with Gasteiger partial charge in [-0.1, -0.05) is 152 Å². The zero-order chi connectivity index (χ0) is 57.5. The molecule has 0 saturated carbocycles. The minimum atomic E-state index is -3.94. The number of aliphatic hydroxyl groups excluding tert-OH is 2. The van der Waals surface area contributed by atoms with Crippen molar-refractivity contribution in [1.82, 2.24) is 19.1 Å². The molecule has 81 heavy (non-hydrogen) atoms. The van der Waals surface area contributed by atoms with Crippen LogP contribution in [0.5, 0.6) is 11.5 Å². The van der Waals surface area contributed by atoms with Crippen LogP contribution in [-0.2, 0) is 30.1 Å². The molecule has 0 aliphatic carbocycles. The molecule has 2 saturated heterocycles. The molecule has 5 N–H and O–H groups in total. The quantitative estimate of drug-likeness (QED) is 0.0275. The minimum absolute atomic E-state index is 0.0422. The van der Waals surface area contributed by atoms with E-state index in [4.69, 9.17) is 29.4 Å². The van der Waals surface area contributed by atoms with Gasteiger partial charge in [0.15, 0.2) is 18.5 Å². The van der Waals surface area contributed by atoms with Crippen molar-refractivity contribution in [2.45, 2.75) is 72.4 Å². The molecular weight excluding hydrogens is 1050 g/mol. The molecule has 0 spiro atoms. The summed E-state index contributed by atoms with van der Waals surface area (Å²) in [5.41, 5.74) is 4.43. The highest BCUT2D eigenvalue weighted by atomic mass is 19.3. The van der Waals surface area contributed by atoms with Crippen LogP contribution < -0.4 is 31.9 Å². The van der Waals surface area contributed by atoms with Gasteiger partial charge in [0.05, 0.1) is 20.3 Å². The average Bonchev–Trinajstić information content (AvgIpc) is 4.14. The van der Waals surface area contributed by atoms with Crippen LogP contribution in [0.25, 0.3) is 0 Å². The summed E-state index contributed by atoms with van der Waals surface area (Å²) in [5.74, 6) is -6.53. The van der Waals surface area contributed by atoms with Gasteiger partial charge in [-0.2, -0.15) is 27.5 Å².